The van der Waals surface area contributed by atoms with Crippen LogP contribution in [0, 0.1) is 5.92 Å². The maximum Gasteiger partial charge on any atom is 0.325 e. The highest BCUT2D eigenvalue weighted by Crippen LogP contribution is 2.15. The average molecular weight is 387 g/mol. The molecule has 2 unspecified atom stereocenters. The Morgan fingerprint density at radius 2 is 2.07 bits per heavy atom. The van der Waals surface area contributed by atoms with Crippen LogP contribution in [0.5, 0.6) is 0 Å². The van der Waals surface area contributed by atoms with Crippen LogP contribution in [-0.2, 0) is 20.8 Å². The summed E-state index contributed by atoms with van der Waals surface area (Å²) in [6.45, 7) is 0.926. The molecular weight excluding hydrogens is 366 g/mol. The van der Waals surface area contributed by atoms with E-state index in [-0.39, 0.29) is 6.54 Å². The summed E-state index contributed by atoms with van der Waals surface area (Å²) in [6, 6.07) is 6.19. The van der Waals surface area contributed by atoms with E-state index >= 15 is 0 Å². The van der Waals surface area contributed by atoms with Gasteiger partial charge in [-0.1, -0.05) is 19.1 Å². The first-order valence-electron chi connectivity index (χ1n) is 8.90. The number of imide groups is 1. The van der Waals surface area contributed by atoms with Crippen molar-refractivity contribution >= 4 is 34.8 Å². The van der Waals surface area contributed by atoms with Gasteiger partial charge >= 0.3 is 12.0 Å². The Bertz CT molecular complexity index is 891. The summed E-state index contributed by atoms with van der Waals surface area (Å²) < 4.78 is 0. The number of amides is 4. The Kier molecular flexibility index (Phi) is 5.57. The number of rotatable bonds is 8. The van der Waals surface area contributed by atoms with Crippen molar-refractivity contribution in [3.05, 3.63) is 30.1 Å². The Balaban J connectivity index is 1.52. The molecule has 0 radical (unpaired) electrons. The summed E-state index contributed by atoms with van der Waals surface area (Å²) in [5, 5.41) is 13.8. The highest BCUT2D eigenvalue weighted by molar-refractivity contribution is 6.06. The van der Waals surface area contributed by atoms with Crippen LogP contribution in [0.4, 0.5) is 4.79 Å². The molecule has 2 atom stereocenters. The SMILES string of the molecule is CC(CNC(=O)CN1C(=O)NC(CCc2nc3ccccc3[nH]2)C1=O)C(=O)O. The summed E-state index contributed by atoms with van der Waals surface area (Å²) >= 11 is 0. The summed E-state index contributed by atoms with van der Waals surface area (Å²) in [6.07, 6.45) is 0.806. The summed E-state index contributed by atoms with van der Waals surface area (Å²) in [5.74, 6) is -2.16. The normalized spacial score (nSPS) is 17.6. The lowest BCUT2D eigenvalue weighted by Gasteiger charge is -2.14. The first-order valence-corrected chi connectivity index (χ1v) is 8.90. The molecule has 10 nitrogen and oxygen atoms in total. The highest BCUT2D eigenvalue weighted by Gasteiger charge is 2.38. The number of nitrogens with one attached hydrogen (secondary N) is 3. The van der Waals surface area contributed by atoms with E-state index in [1.54, 1.807) is 0 Å². The van der Waals surface area contributed by atoms with Crippen molar-refractivity contribution < 1.29 is 24.3 Å². The van der Waals surface area contributed by atoms with Gasteiger partial charge < -0.3 is 20.7 Å². The fourth-order valence-electron chi connectivity index (χ4n) is 2.88. The van der Waals surface area contributed by atoms with E-state index < -0.39 is 42.3 Å². The van der Waals surface area contributed by atoms with Crippen molar-refractivity contribution in [1.29, 1.82) is 0 Å². The zero-order chi connectivity index (χ0) is 20.3. The number of hydrogen-bond donors (Lipinski definition) is 4. The number of para-hydroxylation sites is 2. The van der Waals surface area contributed by atoms with Crippen LogP contribution in [0.25, 0.3) is 11.0 Å². The minimum atomic E-state index is -1.04. The molecule has 0 saturated carbocycles. The lowest BCUT2D eigenvalue weighted by molar-refractivity contribution is -0.141. The number of nitrogens with zero attached hydrogens (tertiary/aromatic N) is 2. The molecule has 2 heterocycles. The molecule has 2 aromatic rings. The molecular formula is C18H21N5O5. The number of hydrogen-bond acceptors (Lipinski definition) is 5. The number of aryl methyl sites for hydroxylation is 1. The third kappa shape index (κ3) is 4.27. The number of carboxylic acids is 1. The molecule has 4 N–H and O–H groups in total. The monoisotopic (exact) mass is 387 g/mol. The third-order valence-corrected chi connectivity index (χ3v) is 4.54. The van der Waals surface area contributed by atoms with Crippen molar-refractivity contribution in [2.24, 2.45) is 5.92 Å². The van der Waals surface area contributed by atoms with Gasteiger partial charge in [-0.2, -0.15) is 0 Å². The molecule has 0 aliphatic carbocycles. The number of benzene rings is 1. The fraction of sp³-hybridized carbons (Fsp3) is 0.389. The number of imidazole rings is 1. The molecule has 28 heavy (non-hydrogen) atoms. The van der Waals surface area contributed by atoms with Crippen molar-refractivity contribution in [3.8, 4) is 0 Å². The van der Waals surface area contributed by atoms with Crippen molar-refractivity contribution in [2.45, 2.75) is 25.8 Å². The predicted octanol–water partition coefficient (Wildman–Crippen LogP) is 0.253. The number of carboxylic acid groups (broad SMARTS) is 1. The first-order chi connectivity index (χ1) is 13.3. The third-order valence-electron chi connectivity index (χ3n) is 4.54. The fourth-order valence-corrected chi connectivity index (χ4v) is 2.88. The Hall–Kier alpha value is -3.43. The molecule has 0 spiro atoms. The molecule has 1 saturated heterocycles. The van der Waals surface area contributed by atoms with E-state index in [1.165, 1.54) is 6.92 Å². The van der Waals surface area contributed by atoms with Gasteiger partial charge in [-0.25, -0.2) is 9.78 Å². The second-order valence-corrected chi connectivity index (χ2v) is 6.71. The average Bonchev–Trinajstić information content (AvgIpc) is 3.19. The number of fused-ring (bicyclic) bond motifs is 1. The molecule has 1 fully saturated rings. The van der Waals surface area contributed by atoms with E-state index in [0.29, 0.717) is 18.7 Å². The van der Waals surface area contributed by atoms with E-state index in [2.05, 4.69) is 20.6 Å². The predicted molar refractivity (Wildman–Crippen MR) is 98.3 cm³/mol. The van der Waals surface area contributed by atoms with Crippen LogP contribution >= 0.6 is 0 Å². The van der Waals surface area contributed by atoms with Crippen LogP contribution in [0.15, 0.2) is 24.3 Å². The summed E-state index contributed by atoms with van der Waals surface area (Å²) in [4.78, 5) is 55.6. The van der Waals surface area contributed by atoms with Crippen LogP contribution in [0.2, 0.25) is 0 Å². The zero-order valence-electron chi connectivity index (χ0n) is 15.3. The molecule has 4 amide bonds. The van der Waals surface area contributed by atoms with Gasteiger partial charge in [-0.15, -0.1) is 0 Å². The van der Waals surface area contributed by atoms with E-state index in [4.69, 9.17) is 5.11 Å². The lowest BCUT2D eigenvalue weighted by atomic mass is 10.1. The lowest BCUT2D eigenvalue weighted by Crippen LogP contribution is -2.42. The maximum atomic E-state index is 12.4. The Labute approximate surface area is 160 Å². The summed E-state index contributed by atoms with van der Waals surface area (Å²) in [5.41, 5.74) is 1.72. The van der Waals surface area contributed by atoms with Gasteiger partial charge in [0.15, 0.2) is 0 Å². The van der Waals surface area contributed by atoms with Gasteiger partial charge in [0.25, 0.3) is 5.91 Å². The van der Waals surface area contributed by atoms with Crippen LogP contribution in [-0.4, -0.2) is 62.9 Å². The minimum Gasteiger partial charge on any atom is -0.481 e. The molecule has 3 rings (SSSR count). The number of aliphatic carboxylic acids is 1. The largest absolute Gasteiger partial charge is 0.481 e. The second kappa shape index (κ2) is 8.07. The number of urea groups is 1. The molecule has 10 heteroatoms. The second-order valence-electron chi connectivity index (χ2n) is 6.71. The number of aromatic nitrogens is 2. The van der Waals surface area contributed by atoms with Crippen molar-refractivity contribution in [1.82, 2.24) is 25.5 Å². The van der Waals surface area contributed by atoms with Gasteiger partial charge in [-0.05, 0) is 18.6 Å². The Morgan fingerprint density at radius 1 is 1.32 bits per heavy atom. The smallest absolute Gasteiger partial charge is 0.325 e. The van der Waals surface area contributed by atoms with Gasteiger partial charge in [0, 0.05) is 13.0 Å². The van der Waals surface area contributed by atoms with Gasteiger partial charge in [-0.3, -0.25) is 19.3 Å². The quantitative estimate of drug-likeness (QED) is 0.478. The molecule has 1 aliphatic rings. The number of carbonyl (C=O) groups excluding carboxylic acids is 3. The van der Waals surface area contributed by atoms with Gasteiger partial charge in [0.05, 0.1) is 17.0 Å². The highest BCUT2D eigenvalue weighted by atomic mass is 16.4. The molecule has 0 bridgehead atoms. The minimum absolute atomic E-state index is 0.0761. The maximum absolute atomic E-state index is 12.4. The number of H-pyrrole nitrogens is 1. The molecule has 148 valence electrons. The van der Waals surface area contributed by atoms with Crippen molar-refractivity contribution in [2.75, 3.05) is 13.1 Å². The molecule has 1 aromatic heterocycles. The number of carbonyl (C=O) groups is 4. The van der Waals surface area contributed by atoms with Crippen molar-refractivity contribution in [3.63, 3.8) is 0 Å². The molecule has 1 aliphatic heterocycles. The summed E-state index contributed by atoms with van der Waals surface area (Å²) in [7, 11) is 0. The Morgan fingerprint density at radius 3 is 2.79 bits per heavy atom. The van der Waals surface area contributed by atoms with Gasteiger partial charge in [0.1, 0.15) is 18.4 Å². The zero-order valence-corrected chi connectivity index (χ0v) is 15.3. The van der Waals surface area contributed by atoms with E-state index in [0.717, 1.165) is 15.9 Å². The van der Waals surface area contributed by atoms with Crippen LogP contribution in [0.3, 0.4) is 0 Å². The first kappa shape index (κ1) is 19.3. The van der Waals surface area contributed by atoms with E-state index in [1.807, 2.05) is 24.3 Å². The van der Waals surface area contributed by atoms with Gasteiger partial charge in [0.2, 0.25) is 5.91 Å². The van der Waals surface area contributed by atoms with Crippen LogP contribution < -0.4 is 10.6 Å². The van der Waals surface area contributed by atoms with Crippen LogP contribution in [0.1, 0.15) is 19.2 Å². The van der Waals surface area contributed by atoms with E-state index in [9.17, 15) is 19.2 Å². The number of aromatic amines is 1. The molecule has 1 aromatic carbocycles. The topological polar surface area (TPSA) is 144 Å². The standard InChI is InChI=1S/C18H21N5O5/c1-10(17(26)27)8-19-15(24)9-23-16(25)13(22-18(23)28)6-7-14-20-11-4-2-3-5-12(11)21-14/h2-5,10,13H,6-9H2,1H3,(H,19,24)(H,20,21)(H,22,28)(H,26,27).